The largest absolute Gasteiger partial charge is 0.543 e. The van der Waals surface area contributed by atoms with Crippen molar-refractivity contribution in [3.63, 3.8) is 0 Å². The number of ether oxygens (including phenoxy) is 1. The van der Waals surface area contributed by atoms with E-state index < -0.39 is 11.5 Å². The molecular weight excluding hydrogens is 328 g/mol. The number of aromatic amines is 1. The Bertz CT molecular complexity index is 948. The molecule has 3 aliphatic heterocycles. The summed E-state index contributed by atoms with van der Waals surface area (Å²) in [5.74, 6) is -0.980. The van der Waals surface area contributed by atoms with E-state index in [1.165, 1.54) is 0 Å². The minimum atomic E-state index is -1.09. The predicted molar refractivity (Wildman–Crippen MR) is 96.0 cm³/mol. The van der Waals surface area contributed by atoms with Crippen LogP contribution in [0.25, 0.3) is 10.9 Å². The summed E-state index contributed by atoms with van der Waals surface area (Å²) in [6.07, 6.45) is 6.44. The summed E-state index contributed by atoms with van der Waals surface area (Å²) in [5.41, 5.74) is 1.63. The van der Waals surface area contributed by atoms with Crippen LogP contribution in [0.15, 0.2) is 36.4 Å². The first kappa shape index (κ1) is 16.1. The van der Waals surface area contributed by atoms with Crippen molar-refractivity contribution in [1.82, 2.24) is 4.98 Å². The number of carbonyl (C=O) groups excluding carboxylic acids is 1. The third-order valence-electron chi connectivity index (χ3n) is 7.37. The second kappa shape index (κ2) is 4.99. The van der Waals surface area contributed by atoms with E-state index in [2.05, 4.69) is 30.1 Å². The van der Waals surface area contributed by atoms with Gasteiger partial charge in [0.05, 0.1) is 17.7 Å². The maximum absolute atomic E-state index is 12.8. The van der Waals surface area contributed by atoms with Gasteiger partial charge in [0.2, 0.25) is 6.23 Å². The van der Waals surface area contributed by atoms with Gasteiger partial charge in [-0.05, 0) is 24.1 Å². The number of H-pyrrole nitrogens is 1. The molecule has 1 N–H and O–H groups in total. The number of benzene rings is 1. The van der Waals surface area contributed by atoms with Gasteiger partial charge in [-0.25, -0.2) is 0 Å². The Labute approximate surface area is 152 Å². The minimum Gasteiger partial charge on any atom is -0.543 e. The molecule has 136 valence electrons. The maximum Gasteiger partial charge on any atom is 0.203 e. The van der Waals surface area contributed by atoms with Crippen LogP contribution in [0.2, 0.25) is 0 Å². The molecule has 1 saturated heterocycles. The SMILES string of the molecule is CC[C@]12C=CC[N@@+]3(CCc4c([nH]c5ccccc45)[C@@]3(C(=O)[O-])C1)C2OC. The van der Waals surface area contributed by atoms with Crippen molar-refractivity contribution >= 4 is 16.9 Å². The zero-order valence-corrected chi connectivity index (χ0v) is 15.2. The number of hydrogen-bond donors (Lipinski definition) is 1. The van der Waals surface area contributed by atoms with Crippen molar-refractivity contribution in [3.05, 3.63) is 47.7 Å². The van der Waals surface area contributed by atoms with Crippen molar-refractivity contribution in [2.24, 2.45) is 5.41 Å². The normalized spacial score (nSPS) is 37.5. The van der Waals surface area contributed by atoms with Crippen LogP contribution in [0.1, 0.15) is 31.0 Å². The molecule has 26 heavy (non-hydrogen) atoms. The van der Waals surface area contributed by atoms with Gasteiger partial charge in [-0.15, -0.1) is 0 Å². The molecule has 0 saturated carbocycles. The number of carbonyl (C=O) groups is 1. The number of rotatable bonds is 3. The third kappa shape index (κ3) is 1.53. The fourth-order valence-electron chi connectivity index (χ4n) is 6.33. The van der Waals surface area contributed by atoms with Gasteiger partial charge in [0.15, 0.2) is 5.54 Å². The summed E-state index contributed by atoms with van der Waals surface area (Å²) in [5, 5.41) is 14.0. The van der Waals surface area contributed by atoms with Gasteiger partial charge < -0.3 is 19.6 Å². The molecule has 4 heterocycles. The molecule has 0 amide bonds. The van der Waals surface area contributed by atoms with Crippen LogP contribution < -0.4 is 5.11 Å². The zero-order valence-electron chi connectivity index (χ0n) is 15.2. The Balaban J connectivity index is 1.86. The van der Waals surface area contributed by atoms with Crippen molar-refractivity contribution < 1.29 is 19.1 Å². The van der Waals surface area contributed by atoms with Crippen molar-refractivity contribution in [2.45, 2.75) is 38.0 Å². The third-order valence-corrected chi connectivity index (χ3v) is 7.37. The molecule has 4 atom stereocenters. The summed E-state index contributed by atoms with van der Waals surface area (Å²) >= 11 is 0. The van der Waals surface area contributed by atoms with Crippen molar-refractivity contribution in [2.75, 3.05) is 20.2 Å². The number of carboxylic acid groups (broad SMARTS) is 1. The van der Waals surface area contributed by atoms with Gasteiger partial charge in [0.25, 0.3) is 0 Å². The van der Waals surface area contributed by atoms with Crippen LogP contribution in [0.5, 0.6) is 0 Å². The molecule has 1 fully saturated rings. The molecule has 1 aromatic carbocycles. The average molecular weight is 352 g/mol. The average Bonchev–Trinajstić information content (AvgIpc) is 3.09. The van der Waals surface area contributed by atoms with Gasteiger partial charge in [0, 0.05) is 30.9 Å². The highest BCUT2D eigenvalue weighted by Gasteiger charge is 2.74. The maximum atomic E-state index is 12.8. The number of para-hydroxylation sites is 1. The highest BCUT2D eigenvalue weighted by atomic mass is 16.5. The van der Waals surface area contributed by atoms with E-state index >= 15 is 0 Å². The molecule has 1 spiro atoms. The molecule has 2 bridgehead atoms. The highest BCUT2D eigenvalue weighted by molar-refractivity contribution is 5.89. The summed E-state index contributed by atoms with van der Waals surface area (Å²) in [4.78, 5) is 16.3. The molecule has 1 unspecified atom stereocenters. The molecule has 0 radical (unpaired) electrons. The Kier molecular flexibility index (Phi) is 3.09. The first-order valence-electron chi connectivity index (χ1n) is 9.43. The number of methoxy groups -OCH3 is 1. The molecule has 5 heteroatoms. The molecule has 2 aromatic rings. The molecule has 3 aliphatic rings. The second-order valence-electron chi connectivity index (χ2n) is 8.12. The highest BCUT2D eigenvalue weighted by Crippen LogP contribution is 2.63. The zero-order chi connectivity index (χ0) is 18.2. The van der Waals surface area contributed by atoms with Gasteiger partial charge in [-0.3, -0.25) is 4.48 Å². The van der Waals surface area contributed by atoms with Gasteiger partial charge in [0.1, 0.15) is 12.5 Å². The number of nitrogens with zero attached hydrogens (tertiary/aromatic N) is 1. The Hall–Kier alpha value is -2.11. The summed E-state index contributed by atoms with van der Waals surface area (Å²) in [7, 11) is 1.72. The van der Waals surface area contributed by atoms with Crippen LogP contribution in [-0.2, 0) is 21.5 Å². The molecule has 0 aliphatic carbocycles. The van der Waals surface area contributed by atoms with Crippen LogP contribution in [0.4, 0.5) is 0 Å². The summed E-state index contributed by atoms with van der Waals surface area (Å²) in [6.45, 7) is 3.56. The Morgan fingerprint density at radius 1 is 1.42 bits per heavy atom. The van der Waals surface area contributed by atoms with Crippen LogP contribution >= 0.6 is 0 Å². The van der Waals surface area contributed by atoms with Crippen LogP contribution in [0.3, 0.4) is 0 Å². The number of hydrogen-bond acceptors (Lipinski definition) is 3. The number of aliphatic carboxylic acids is 1. The number of carboxylic acids is 1. The lowest BCUT2D eigenvalue weighted by atomic mass is 9.75. The fourth-order valence-corrected chi connectivity index (χ4v) is 6.33. The standard InChI is InChI=1S/C21H24N2O3/c1-3-20-10-6-11-23(18(20)26-2)12-9-15-14-7-4-5-8-16(14)22-17(15)21(23,13-20)19(24)25/h4-8,10,18,22H,3,9,11-13H2,1-2H3/t18?,20-,21+,23+/m0/s1. The van der Waals surface area contributed by atoms with Gasteiger partial charge in [-0.2, -0.15) is 0 Å². The van der Waals surface area contributed by atoms with E-state index in [9.17, 15) is 9.90 Å². The molecule has 5 rings (SSSR count). The summed E-state index contributed by atoms with van der Waals surface area (Å²) in [6, 6.07) is 8.11. The van der Waals surface area contributed by atoms with E-state index in [-0.39, 0.29) is 11.6 Å². The minimum absolute atomic E-state index is 0.157. The van der Waals surface area contributed by atoms with Crippen molar-refractivity contribution in [3.8, 4) is 0 Å². The van der Waals surface area contributed by atoms with Crippen LogP contribution in [0, 0.1) is 5.41 Å². The van der Waals surface area contributed by atoms with Crippen molar-refractivity contribution in [1.29, 1.82) is 0 Å². The van der Waals surface area contributed by atoms with E-state index in [0.29, 0.717) is 17.4 Å². The van der Waals surface area contributed by atoms with Crippen LogP contribution in [-0.4, -0.2) is 41.9 Å². The summed E-state index contributed by atoms with van der Waals surface area (Å²) < 4.78 is 6.43. The number of fused-ring (bicyclic) bond motifs is 5. The first-order chi connectivity index (χ1) is 12.5. The smallest absolute Gasteiger partial charge is 0.203 e. The molecular formula is C21H24N2O3. The quantitative estimate of drug-likeness (QED) is 0.677. The van der Waals surface area contributed by atoms with Gasteiger partial charge in [-0.1, -0.05) is 31.2 Å². The van der Waals surface area contributed by atoms with E-state index in [1.54, 1.807) is 7.11 Å². The topological polar surface area (TPSA) is 65.2 Å². The number of aromatic nitrogens is 1. The monoisotopic (exact) mass is 352 g/mol. The number of nitrogens with one attached hydrogen (secondary N) is 1. The first-order valence-corrected chi connectivity index (χ1v) is 9.43. The van der Waals surface area contributed by atoms with Gasteiger partial charge >= 0.3 is 0 Å². The second-order valence-corrected chi connectivity index (χ2v) is 8.12. The Morgan fingerprint density at radius 2 is 2.23 bits per heavy atom. The number of quaternary nitrogens is 1. The lowest BCUT2D eigenvalue weighted by Crippen LogP contribution is -2.72. The molecule has 1 aromatic heterocycles. The van der Waals surface area contributed by atoms with E-state index in [4.69, 9.17) is 4.74 Å². The Morgan fingerprint density at radius 3 is 2.96 bits per heavy atom. The molecule has 5 nitrogen and oxygen atoms in total. The lowest BCUT2D eigenvalue weighted by molar-refractivity contribution is -1.00. The van der Waals surface area contributed by atoms with E-state index in [1.807, 2.05) is 18.2 Å². The fraction of sp³-hybridized carbons (Fsp3) is 0.476. The predicted octanol–water partition coefficient (Wildman–Crippen LogP) is 1.83. The van der Waals surface area contributed by atoms with E-state index in [0.717, 1.165) is 41.5 Å². The lowest BCUT2D eigenvalue weighted by Gasteiger charge is -2.54.